The predicted octanol–water partition coefficient (Wildman–Crippen LogP) is 2.89. The second-order valence-electron chi connectivity index (χ2n) is 4.11. The highest BCUT2D eigenvalue weighted by atomic mass is 79.9. The van der Waals surface area contributed by atoms with Crippen LogP contribution >= 0.6 is 27.3 Å². The average Bonchev–Trinajstić information content (AvgIpc) is 2.89. The Balaban J connectivity index is 2.15. The third-order valence-corrected chi connectivity index (χ3v) is 4.29. The van der Waals surface area contributed by atoms with Gasteiger partial charge in [-0.1, -0.05) is 11.8 Å². The lowest BCUT2D eigenvalue weighted by atomic mass is 10.1. The van der Waals surface area contributed by atoms with Crippen molar-refractivity contribution in [3.05, 3.63) is 55.9 Å². The Morgan fingerprint density at radius 2 is 2.24 bits per heavy atom. The maximum absolute atomic E-state index is 13.3. The Morgan fingerprint density at radius 3 is 2.90 bits per heavy atom. The fraction of sp³-hybridized carbons (Fsp3) is 0.133. The van der Waals surface area contributed by atoms with Crippen molar-refractivity contribution in [3.8, 4) is 11.8 Å². The molecular weight excluding hydrogens is 355 g/mol. The highest BCUT2D eigenvalue weighted by molar-refractivity contribution is 9.10. The van der Waals surface area contributed by atoms with Gasteiger partial charge in [0.05, 0.1) is 18.7 Å². The zero-order valence-corrected chi connectivity index (χ0v) is 13.4. The average molecular weight is 367 g/mol. The van der Waals surface area contributed by atoms with Crippen LogP contribution in [0.4, 0.5) is 4.39 Å². The minimum Gasteiger partial charge on any atom is -0.347 e. The molecule has 1 aromatic heterocycles. The number of nitrogens with one attached hydrogen (secondary N) is 1. The Labute approximate surface area is 134 Å². The smallest absolute Gasteiger partial charge is 0.252 e. The maximum atomic E-state index is 13.3. The van der Waals surface area contributed by atoms with E-state index in [4.69, 9.17) is 5.73 Å². The fourth-order valence-electron chi connectivity index (χ4n) is 1.67. The molecule has 0 saturated heterocycles. The van der Waals surface area contributed by atoms with E-state index in [1.54, 1.807) is 0 Å². The van der Waals surface area contributed by atoms with Crippen LogP contribution in [-0.2, 0) is 6.54 Å². The van der Waals surface area contributed by atoms with Crippen LogP contribution in [0.25, 0.3) is 0 Å². The van der Waals surface area contributed by atoms with Crippen LogP contribution < -0.4 is 11.1 Å². The highest BCUT2D eigenvalue weighted by Gasteiger charge is 2.11. The number of hydrogen-bond donors (Lipinski definition) is 2. The van der Waals surface area contributed by atoms with E-state index in [-0.39, 0.29) is 18.0 Å². The van der Waals surface area contributed by atoms with Gasteiger partial charge in [0.1, 0.15) is 5.82 Å². The molecule has 2 rings (SSSR count). The van der Waals surface area contributed by atoms with Crippen LogP contribution in [-0.4, -0.2) is 12.5 Å². The summed E-state index contributed by atoms with van der Waals surface area (Å²) in [6.45, 7) is 0.566. The molecule has 0 atom stereocenters. The summed E-state index contributed by atoms with van der Waals surface area (Å²) in [5.74, 6) is 4.61. The molecule has 0 aliphatic carbocycles. The number of carbonyl (C=O) groups excluding carboxylic acids is 1. The summed E-state index contributed by atoms with van der Waals surface area (Å²) in [7, 11) is 0. The van der Waals surface area contributed by atoms with Gasteiger partial charge in [0.25, 0.3) is 5.91 Å². The van der Waals surface area contributed by atoms with E-state index in [0.717, 1.165) is 9.35 Å². The van der Waals surface area contributed by atoms with E-state index < -0.39 is 5.82 Å². The summed E-state index contributed by atoms with van der Waals surface area (Å²) in [6.07, 6.45) is 0. The summed E-state index contributed by atoms with van der Waals surface area (Å²) in [5, 5.41) is 4.69. The van der Waals surface area contributed by atoms with Crippen molar-refractivity contribution in [2.75, 3.05) is 6.54 Å². The molecule has 0 bridgehead atoms. The first-order chi connectivity index (χ1) is 10.1. The van der Waals surface area contributed by atoms with Gasteiger partial charge in [0.15, 0.2) is 0 Å². The first kappa shape index (κ1) is 15.7. The number of nitrogens with two attached hydrogens (primary N) is 1. The Hall–Kier alpha value is -1.68. The third-order valence-electron chi connectivity index (χ3n) is 2.60. The summed E-state index contributed by atoms with van der Waals surface area (Å²) in [6, 6.07) is 5.86. The molecular formula is C15H12BrFN2OS. The zero-order chi connectivity index (χ0) is 15.2. The van der Waals surface area contributed by atoms with E-state index in [2.05, 4.69) is 33.1 Å². The number of carbonyl (C=O) groups is 1. The number of thiophene rings is 1. The molecule has 0 saturated carbocycles. The molecule has 1 heterocycles. The van der Waals surface area contributed by atoms with Crippen molar-refractivity contribution in [1.29, 1.82) is 0 Å². The summed E-state index contributed by atoms with van der Waals surface area (Å²) < 4.78 is 14.3. The van der Waals surface area contributed by atoms with Gasteiger partial charge in [0, 0.05) is 20.3 Å². The quantitative estimate of drug-likeness (QED) is 0.820. The molecule has 6 heteroatoms. The minimum atomic E-state index is -0.475. The molecule has 3 N–H and O–H groups in total. The van der Waals surface area contributed by atoms with Gasteiger partial charge in [0.2, 0.25) is 0 Å². The Kier molecular flexibility index (Phi) is 5.51. The van der Waals surface area contributed by atoms with Gasteiger partial charge in [-0.15, -0.1) is 11.3 Å². The molecule has 2 aromatic rings. The first-order valence-electron chi connectivity index (χ1n) is 6.09. The first-order valence-corrected chi connectivity index (χ1v) is 7.77. The molecule has 1 amide bonds. The summed E-state index contributed by atoms with van der Waals surface area (Å²) in [5.41, 5.74) is 6.00. The van der Waals surface area contributed by atoms with Crippen LogP contribution in [0.1, 0.15) is 20.8 Å². The van der Waals surface area contributed by atoms with Crippen molar-refractivity contribution < 1.29 is 9.18 Å². The van der Waals surface area contributed by atoms with E-state index in [1.807, 2.05) is 11.4 Å². The van der Waals surface area contributed by atoms with Crippen molar-refractivity contribution >= 4 is 33.2 Å². The Morgan fingerprint density at radius 1 is 1.43 bits per heavy atom. The highest BCUT2D eigenvalue weighted by Crippen LogP contribution is 2.19. The number of rotatable bonds is 3. The minimum absolute atomic E-state index is 0.182. The van der Waals surface area contributed by atoms with Gasteiger partial charge in [-0.3, -0.25) is 4.79 Å². The molecule has 0 aliphatic rings. The van der Waals surface area contributed by atoms with Gasteiger partial charge in [-0.2, -0.15) is 0 Å². The molecule has 108 valence electrons. The third kappa shape index (κ3) is 4.39. The summed E-state index contributed by atoms with van der Waals surface area (Å²) in [4.78, 5) is 13.2. The van der Waals surface area contributed by atoms with Gasteiger partial charge < -0.3 is 11.1 Å². The monoisotopic (exact) mass is 366 g/mol. The molecule has 0 fully saturated rings. The SMILES string of the molecule is NCC#Cc1ccc(F)cc1C(=O)NCc1cc(Br)cs1. The molecule has 0 radical (unpaired) electrons. The standard InChI is InChI=1S/C15H12BrFN2OS/c16-11-6-13(21-9-11)8-19-15(20)14-7-12(17)4-3-10(14)2-1-5-18/h3-4,6-7,9H,5,8,18H2,(H,19,20). The van der Waals surface area contributed by atoms with Gasteiger partial charge in [-0.05, 0) is 40.2 Å². The van der Waals surface area contributed by atoms with Crippen molar-refractivity contribution in [2.24, 2.45) is 5.73 Å². The lowest BCUT2D eigenvalue weighted by molar-refractivity contribution is 0.0950. The predicted molar refractivity (Wildman–Crippen MR) is 85.5 cm³/mol. The maximum Gasteiger partial charge on any atom is 0.252 e. The van der Waals surface area contributed by atoms with Crippen LogP contribution in [0, 0.1) is 17.7 Å². The largest absolute Gasteiger partial charge is 0.347 e. The number of benzene rings is 1. The van der Waals surface area contributed by atoms with Crippen LogP contribution in [0.3, 0.4) is 0 Å². The van der Waals surface area contributed by atoms with E-state index >= 15 is 0 Å². The molecule has 0 aliphatic heterocycles. The normalized spacial score (nSPS) is 9.86. The second kappa shape index (κ2) is 7.36. The van der Waals surface area contributed by atoms with E-state index in [0.29, 0.717) is 12.1 Å². The van der Waals surface area contributed by atoms with Crippen LogP contribution in [0.5, 0.6) is 0 Å². The van der Waals surface area contributed by atoms with Crippen molar-refractivity contribution in [3.63, 3.8) is 0 Å². The van der Waals surface area contributed by atoms with Crippen LogP contribution in [0.15, 0.2) is 34.1 Å². The number of hydrogen-bond acceptors (Lipinski definition) is 3. The fourth-order valence-corrected chi connectivity index (χ4v) is 3.06. The van der Waals surface area contributed by atoms with Gasteiger partial charge >= 0.3 is 0 Å². The summed E-state index contributed by atoms with van der Waals surface area (Å²) >= 11 is 4.88. The molecule has 1 aromatic carbocycles. The van der Waals surface area contributed by atoms with Crippen molar-refractivity contribution in [1.82, 2.24) is 5.32 Å². The molecule has 3 nitrogen and oxygen atoms in total. The number of amides is 1. The number of halogens is 2. The Bertz CT molecular complexity index is 718. The van der Waals surface area contributed by atoms with Gasteiger partial charge in [-0.25, -0.2) is 4.39 Å². The molecule has 21 heavy (non-hydrogen) atoms. The topological polar surface area (TPSA) is 55.1 Å². The molecule has 0 spiro atoms. The lowest BCUT2D eigenvalue weighted by Gasteiger charge is -2.06. The van der Waals surface area contributed by atoms with E-state index in [1.165, 1.54) is 29.5 Å². The van der Waals surface area contributed by atoms with Crippen LogP contribution in [0.2, 0.25) is 0 Å². The molecule has 0 unspecified atom stereocenters. The van der Waals surface area contributed by atoms with E-state index in [9.17, 15) is 9.18 Å². The lowest BCUT2D eigenvalue weighted by Crippen LogP contribution is -2.23. The zero-order valence-electron chi connectivity index (χ0n) is 11.0. The van der Waals surface area contributed by atoms with Crippen molar-refractivity contribution in [2.45, 2.75) is 6.54 Å². The second-order valence-corrected chi connectivity index (χ2v) is 6.02.